The van der Waals surface area contributed by atoms with E-state index >= 15 is 0 Å². The molecule has 0 bridgehead atoms. The lowest BCUT2D eigenvalue weighted by atomic mass is 10.1. The van der Waals surface area contributed by atoms with E-state index in [9.17, 15) is 27.6 Å². The van der Waals surface area contributed by atoms with Gasteiger partial charge in [0.15, 0.2) is 16.4 Å². The van der Waals surface area contributed by atoms with Crippen molar-refractivity contribution in [2.45, 2.75) is 32.7 Å². The van der Waals surface area contributed by atoms with E-state index in [0.717, 1.165) is 0 Å². The number of ether oxygens (including phenoxy) is 1. The number of hydrogen-bond acceptors (Lipinski definition) is 7. The predicted molar refractivity (Wildman–Crippen MR) is 111 cm³/mol. The fourth-order valence-corrected chi connectivity index (χ4v) is 5.38. The second-order valence-electron chi connectivity index (χ2n) is 8.34. The van der Waals surface area contributed by atoms with Crippen molar-refractivity contribution in [3.05, 3.63) is 34.9 Å². The lowest BCUT2D eigenvalue weighted by molar-refractivity contribution is -0.134. The molecule has 0 aliphatic carbocycles. The van der Waals surface area contributed by atoms with Gasteiger partial charge in [0.25, 0.3) is 17.7 Å². The van der Waals surface area contributed by atoms with Crippen molar-refractivity contribution in [3.8, 4) is 0 Å². The minimum Gasteiger partial charge on any atom is -0.452 e. The number of rotatable bonds is 7. The fourth-order valence-electron chi connectivity index (χ4n) is 3.60. The van der Waals surface area contributed by atoms with Crippen LogP contribution in [0, 0.1) is 5.92 Å². The third-order valence-corrected chi connectivity index (χ3v) is 7.36. The lowest BCUT2D eigenvalue weighted by Gasteiger charge is -2.23. The van der Waals surface area contributed by atoms with Crippen LogP contribution in [0.2, 0.25) is 0 Å². The van der Waals surface area contributed by atoms with E-state index in [0.29, 0.717) is 25.3 Å². The maximum absolute atomic E-state index is 12.6. The lowest BCUT2D eigenvalue weighted by Crippen LogP contribution is -2.40. The highest BCUT2D eigenvalue weighted by Crippen LogP contribution is 2.25. The molecule has 2 heterocycles. The van der Waals surface area contributed by atoms with Crippen LogP contribution in [0.25, 0.3) is 0 Å². The topological polar surface area (TPSA) is 118 Å². The number of benzene rings is 1. The molecule has 2 aliphatic heterocycles. The Morgan fingerprint density at radius 1 is 1.19 bits per heavy atom. The summed E-state index contributed by atoms with van der Waals surface area (Å²) in [7, 11) is -1.66. The smallest absolute Gasteiger partial charge is 0.338 e. The molecule has 0 aromatic heterocycles. The van der Waals surface area contributed by atoms with Gasteiger partial charge in [-0.25, -0.2) is 13.2 Å². The highest BCUT2D eigenvalue weighted by Gasteiger charge is 2.36. The molecule has 9 nitrogen and oxygen atoms in total. The van der Waals surface area contributed by atoms with Crippen molar-refractivity contribution >= 4 is 33.5 Å². The summed E-state index contributed by atoms with van der Waals surface area (Å²) in [6.07, 6.45) is 1.03. The Morgan fingerprint density at radius 3 is 2.48 bits per heavy atom. The number of fused-ring (bicyclic) bond motifs is 1. The molecule has 0 spiro atoms. The Labute approximate surface area is 181 Å². The minimum atomic E-state index is -3.14. The van der Waals surface area contributed by atoms with Crippen molar-refractivity contribution < 1.29 is 32.3 Å². The zero-order chi connectivity index (χ0) is 22.9. The van der Waals surface area contributed by atoms with Crippen LogP contribution in [-0.4, -0.2) is 79.7 Å². The molecule has 3 rings (SSSR count). The molecule has 0 radical (unpaired) electrons. The summed E-state index contributed by atoms with van der Waals surface area (Å²) in [5.41, 5.74) is 0.441. The van der Waals surface area contributed by atoms with Gasteiger partial charge in [0.2, 0.25) is 0 Å². The summed E-state index contributed by atoms with van der Waals surface area (Å²) < 4.78 is 28.2. The summed E-state index contributed by atoms with van der Waals surface area (Å²) in [5.74, 6) is -1.89. The van der Waals surface area contributed by atoms with Crippen LogP contribution < -0.4 is 0 Å². The molecular weight excluding hydrogens is 424 g/mol. The monoisotopic (exact) mass is 450 g/mol. The maximum Gasteiger partial charge on any atom is 0.338 e. The number of nitrogens with zero attached hydrogens (tertiary/aromatic N) is 2. The van der Waals surface area contributed by atoms with Crippen molar-refractivity contribution in [3.63, 3.8) is 0 Å². The molecule has 10 heteroatoms. The summed E-state index contributed by atoms with van der Waals surface area (Å²) in [4.78, 5) is 52.2. The first-order valence-electron chi connectivity index (χ1n) is 10.1. The standard InChI is InChI=1S/C21H26N2O7S/c1-13(2)6-8-23-19(25)16-5-4-14(10-17(16)20(23)26)21(27)30-11-18(24)22(3)15-7-9-31(28,29)12-15/h4-5,10,13,15H,6-9,11-12H2,1-3H3/t15-/m0/s1. The van der Waals surface area contributed by atoms with Gasteiger partial charge >= 0.3 is 5.97 Å². The normalized spacial score (nSPS) is 19.6. The van der Waals surface area contributed by atoms with E-state index in [1.54, 1.807) is 0 Å². The molecule has 0 saturated carbocycles. The van der Waals surface area contributed by atoms with Crippen molar-refractivity contribution in [2.75, 3.05) is 31.7 Å². The molecule has 1 aromatic rings. The Morgan fingerprint density at radius 2 is 1.87 bits per heavy atom. The molecule has 2 aliphatic rings. The van der Waals surface area contributed by atoms with Crippen LogP contribution in [0.15, 0.2) is 18.2 Å². The number of sulfone groups is 1. The van der Waals surface area contributed by atoms with Gasteiger partial charge in [0.1, 0.15) is 0 Å². The van der Waals surface area contributed by atoms with Crippen LogP contribution in [0.4, 0.5) is 0 Å². The molecule has 1 saturated heterocycles. The predicted octanol–water partition coefficient (Wildman–Crippen LogP) is 1.13. The molecule has 0 N–H and O–H groups in total. The third kappa shape index (κ3) is 4.95. The largest absolute Gasteiger partial charge is 0.452 e. The van der Waals surface area contributed by atoms with E-state index in [-0.39, 0.29) is 34.1 Å². The first-order valence-corrected chi connectivity index (χ1v) is 12.0. The van der Waals surface area contributed by atoms with Gasteiger partial charge in [-0.2, -0.15) is 0 Å². The molecule has 1 atom stereocenters. The maximum atomic E-state index is 12.6. The SMILES string of the molecule is CC(C)CCN1C(=O)c2ccc(C(=O)OCC(=O)N(C)[C@H]3CCS(=O)(=O)C3)cc2C1=O. The molecule has 1 fully saturated rings. The number of likely N-dealkylation sites (N-methyl/N-ethyl adjacent to an activating group) is 1. The van der Waals surface area contributed by atoms with E-state index in [1.807, 2.05) is 13.8 Å². The van der Waals surface area contributed by atoms with Gasteiger partial charge < -0.3 is 9.64 Å². The average molecular weight is 451 g/mol. The zero-order valence-corrected chi connectivity index (χ0v) is 18.6. The number of esters is 1. The Kier molecular flexibility index (Phi) is 6.49. The van der Waals surface area contributed by atoms with Crippen LogP contribution in [0.5, 0.6) is 0 Å². The van der Waals surface area contributed by atoms with E-state index < -0.39 is 40.3 Å². The van der Waals surface area contributed by atoms with Gasteiger partial charge in [0, 0.05) is 19.6 Å². The van der Waals surface area contributed by atoms with Crippen LogP contribution in [0.1, 0.15) is 57.8 Å². The molecule has 0 unspecified atom stereocenters. The first kappa shape index (κ1) is 22.9. The number of amides is 3. The summed E-state index contributed by atoms with van der Waals surface area (Å²) >= 11 is 0. The van der Waals surface area contributed by atoms with E-state index in [4.69, 9.17) is 4.74 Å². The zero-order valence-electron chi connectivity index (χ0n) is 17.8. The number of hydrogen-bond donors (Lipinski definition) is 0. The Hall–Kier alpha value is -2.75. The Bertz CT molecular complexity index is 1030. The minimum absolute atomic E-state index is 0.0329. The number of carbonyl (C=O) groups excluding carboxylic acids is 4. The number of carbonyl (C=O) groups is 4. The number of imide groups is 1. The van der Waals surface area contributed by atoms with Crippen LogP contribution in [0.3, 0.4) is 0 Å². The van der Waals surface area contributed by atoms with Crippen LogP contribution in [-0.2, 0) is 19.4 Å². The van der Waals surface area contributed by atoms with Gasteiger partial charge in [-0.15, -0.1) is 0 Å². The van der Waals surface area contributed by atoms with Crippen molar-refractivity contribution in [1.29, 1.82) is 0 Å². The highest BCUT2D eigenvalue weighted by atomic mass is 32.2. The van der Waals surface area contributed by atoms with Gasteiger partial charge in [-0.1, -0.05) is 13.8 Å². The van der Waals surface area contributed by atoms with E-state index in [1.165, 1.54) is 35.0 Å². The second kappa shape index (κ2) is 8.78. The molecule has 3 amide bonds. The van der Waals surface area contributed by atoms with Crippen molar-refractivity contribution in [2.24, 2.45) is 5.92 Å². The first-order chi connectivity index (χ1) is 14.5. The van der Waals surface area contributed by atoms with Gasteiger partial charge in [0.05, 0.1) is 28.2 Å². The second-order valence-corrected chi connectivity index (χ2v) is 10.6. The van der Waals surface area contributed by atoms with Crippen molar-refractivity contribution in [1.82, 2.24) is 9.80 Å². The van der Waals surface area contributed by atoms with Gasteiger partial charge in [-0.3, -0.25) is 19.3 Å². The average Bonchev–Trinajstić information content (AvgIpc) is 3.20. The molecular formula is C21H26N2O7S. The molecule has 168 valence electrons. The summed E-state index contributed by atoms with van der Waals surface area (Å²) in [5, 5.41) is 0. The quantitative estimate of drug-likeness (QED) is 0.451. The third-order valence-electron chi connectivity index (χ3n) is 5.61. The fraction of sp³-hybridized carbons (Fsp3) is 0.524. The highest BCUT2D eigenvalue weighted by molar-refractivity contribution is 7.91. The van der Waals surface area contributed by atoms with Gasteiger partial charge in [-0.05, 0) is 37.0 Å². The summed E-state index contributed by atoms with van der Waals surface area (Å²) in [6.45, 7) is 3.76. The molecule has 1 aromatic carbocycles. The van der Waals surface area contributed by atoms with E-state index in [2.05, 4.69) is 0 Å². The summed E-state index contributed by atoms with van der Waals surface area (Å²) in [6, 6.07) is 3.68. The van der Waals surface area contributed by atoms with Crippen LogP contribution >= 0.6 is 0 Å². The molecule has 31 heavy (non-hydrogen) atoms. The Balaban J connectivity index is 1.62.